The van der Waals surface area contributed by atoms with E-state index in [0.717, 1.165) is 39.0 Å². The minimum atomic E-state index is 0.937. The van der Waals surface area contributed by atoms with Gasteiger partial charge in [0.05, 0.1) is 11.4 Å². The molecule has 10 aromatic carbocycles. The van der Waals surface area contributed by atoms with E-state index in [1.165, 1.54) is 81.9 Å². The molecule has 0 radical (unpaired) electrons. The van der Waals surface area contributed by atoms with Crippen LogP contribution in [0.1, 0.15) is 0 Å². The van der Waals surface area contributed by atoms with Crippen molar-refractivity contribution < 1.29 is 0 Å². The quantitative estimate of drug-likeness (QED) is 0.157. The van der Waals surface area contributed by atoms with Gasteiger partial charge in [-0.3, -0.25) is 4.98 Å². The first-order valence-corrected chi connectivity index (χ1v) is 21.2. The second kappa shape index (κ2) is 14.8. The highest BCUT2D eigenvalue weighted by Gasteiger charge is 2.12. The molecular formula is C60H38N2. The summed E-state index contributed by atoms with van der Waals surface area (Å²) in [6.45, 7) is 0. The molecule has 2 aromatic heterocycles. The van der Waals surface area contributed by atoms with Gasteiger partial charge in [0.1, 0.15) is 0 Å². The second-order valence-electron chi connectivity index (χ2n) is 16.3. The van der Waals surface area contributed by atoms with Gasteiger partial charge in [0.2, 0.25) is 0 Å². The van der Waals surface area contributed by atoms with Gasteiger partial charge in [0.15, 0.2) is 0 Å². The summed E-state index contributed by atoms with van der Waals surface area (Å²) in [6, 6.07) is 79.5. The third-order valence-corrected chi connectivity index (χ3v) is 12.5. The van der Waals surface area contributed by atoms with Gasteiger partial charge in [-0.25, -0.2) is 4.98 Å². The number of aromatic nitrogens is 2. The SMILES string of the molecule is c1ccc2cc3cc(-c4ccc(-c5cc(-c6ccc(-c7ccc8cnccc8c7)cc6)cc(-c6ccc(-c7ccc8cc9ccccc9cc8c7)cc6)n5)cc4)ccc3cc2c1. The van der Waals surface area contributed by atoms with Gasteiger partial charge in [0.25, 0.3) is 0 Å². The largest absolute Gasteiger partial charge is 0.264 e. The highest BCUT2D eigenvalue weighted by atomic mass is 14.7. The van der Waals surface area contributed by atoms with Crippen molar-refractivity contribution in [1.29, 1.82) is 0 Å². The van der Waals surface area contributed by atoms with Gasteiger partial charge in [-0.05, 0) is 154 Å². The molecule has 0 saturated heterocycles. The van der Waals surface area contributed by atoms with E-state index in [1.54, 1.807) is 0 Å². The van der Waals surface area contributed by atoms with Crippen molar-refractivity contribution in [3.8, 4) is 67.0 Å². The summed E-state index contributed by atoms with van der Waals surface area (Å²) in [5, 5.41) is 12.4. The highest BCUT2D eigenvalue weighted by molar-refractivity contribution is 6.01. The van der Waals surface area contributed by atoms with E-state index < -0.39 is 0 Å². The third kappa shape index (κ3) is 6.65. The summed E-state index contributed by atoms with van der Waals surface area (Å²) >= 11 is 0. The molecule has 62 heavy (non-hydrogen) atoms. The fourth-order valence-electron chi connectivity index (χ4n) is 9.02. The van der Waals surface area contributed by atoms with E-state index in [4.69, 9.17) is 4.98 Å². The van der Waals surface area contributed by atoms with Crippen molar-refractivity contribution in [2.24, 2.45) is 0 Å². The van der Waals surface area contributed by atoms with Crippen LogP contribution in [0, 0.1) is 0 Å². The fourth-order valence-corrected chi connectivity index (χ4v) is 9.02. The lowest BCUT2D eigenvalue weighted by Crippen LogP contribution is -1.92. The van der Waals surface area contributed by atoms with Crippen LogP contribution in [0.5, 0.6) is 0 Å². The van der Waals surface area contributed by atoms with Crippen molar-refractivity contribution in [3.63, 3.8) is 0 Å². The van der Waals surface area contributed by atoms with Crippen molar-refractivity contribution >= 4 is 53.9 Å². The summed E-state index contributed by atoms with van der Waals surface area (Å²) in [6.07, 6.45) is 3.77. The molecule has 288 valence electrons. The Morgan fingerprint density at radius 2 is 0.532 bits per heavy atom. The Hall–Kier alpha value is -8.20. The molecule has 0 N–H and O–H groups in total. The molecule has 0 fully saturated rings. The van der Waals surface area contributed by atoms with Crippen molar-refractivity contribution in [3.05, 3.63) is 231 Å². The standard InChI is InChI=1S/C60H38N2/c1-3-7-47-32-56-34-50(21-23-52(56)29-45(47)5-1)40-13-17-43(18-14-40)59-36-58(42-11-9-39(10-12-42)49-25-26-55-38-61-28-27-54(55)31-49)37-60(62-59)44-19-15-41(16-20-44)51-22-24-53-30-46-6-2-4-8-48(46)33-57(53)35-51/h1-38H. The molecule has 0 aliphatic heterocycles. The normalized spacial score (nSPS) is 11.5. The Morgan fingerprint density at radius 1 is 0.210 bits per heavy atom. The summed E-state index contributed by atoms with van der Waals surface area (Å²) in [5.41, 5.74) is 13.4. The Balaban J connectivity index is 0.905. The molecule has 2 heteroatoms. The maximum Gasteiger partial charge on any atom is 0.0715 e. The van der Waals surface area contributed by atoms with Gasteiger partial charge < -0.3 is 0 Å². The molecule has 12 rings (SSSR count). The first-order valence-electron chi connectivity index (χ1n) is 21.2. The van der Waals surface area contributed by atoms with Crippen LogP contribution in [0.3, 0.4) is 0 Å². The number of benzene rings is 10. The molecule has 0 atom stereocenters. The van der Waals surface area contributed by atoms with E-state index in [2.05, 4.69) is 223 Å². The monoisotopic (exact) mass is 786 g/mol. The predicted molar refractivity (Wildman–Crippen MR) is 262 cm³/mol. The topological polar surface area (TPSA) is 25.8 Å². The van der Waals surface area contributed by atoms with Crippen LogP contribution in [-0.4, -0.2) is 9.97 Å². The zero-order valence-electron chi connectivity index (χ0n) is 33.8. The smallest absolute Gasteiger partial charge is 0.0715 e. The molecular weight excluding hydrogens is 749 g/mol. The Morgan fingerprint density at radius 3 is 0.984 bits per heavy atom. The lowest BCUT2D eigenvalue weighted by molar-refractivity contribution is 1.32. The second-order valence-corrected chi connectivity index (χ2v) is 16.3. The van der Waals surface area contributed by atoms with Crippen molar-refractivity contribution in [1.82, 2.24) is 9.97 Å². The number of pyridine rings is 2. The van der Waals surface area contributed by atoms with Gasteiger partial charge in [-0.1, -0.05) is 158 Å². The molecule has 0 saturated carbocycles. The molecule has 2 nitrogen and oxygen atoms in total. The van der Waals surface area contributed by atoms with E-state index in [9.17, 15) is 0 Å². The Kier molecular flexibility index (Phi) is 8.53. The molecule has 0 aliphatic carbocycles. The van der Waals surface area contributed by atoms with Gasteiger partial charge in [0, 0.05) is 28.9 Å². The van der Waals surface area contributed by atoms with Crippen LogP contribution < -0.4 is 0 Å². The Bertz CT molecular complexity index is 3480. The van der Waals surface area contributed by atoms with Crippen molar-refractivity contribution in [2.75, 3.05) is 0 Å². The Labute approximate surface area is 360 Å². The van der Waals surface area contributed by atoms with E-state index in [-0.39, 0.29) is 0 Å². The number of nitrogens with zero attached hydrogens (tertiary/aromatic N) is 2. The van der Waals surface area contributed by atoms with E-state index in [1.807, 2.05) is 12.4 Å². The maximum absolute atomic E-state index is 5.33. The summed E-state index contributed by atoms with van der Waals surface area (Å²) in [7, 11) is 0. The fraction of sp³-hybridized carbons (Fsp3) is 0. The molecule has 0 bridgehead atoms. The lowest BCUT2D eigenvalue weighted by Gasteiger charge is -2.13. The minimum absolute atomic E-state index is 0.937. The average molecular weight is 787 g/mol. The minimum Gasteiger partial charge on any atom is -0.264 e. The molecule has 0 aliphatic rings. The van der Waals surface area contributed by atoms with Crippen LogP contribution in [0.2, 0.25) is 0 Å². The van der Waals surface area contributed by atoms with Crippen molar-refractivity contribution in [2.45, 2.75) is 0 Å². The first kappa shape index (κ1) is 35.7. The lowest BCUT2D eigenvalue weighted by atomic mass is 9.95. The molecule has 0 unspecified atom stereocenters. The predicted octanol–water partition coefficient (Wildman–Crippen LogP) is 16.2. The van der Waals surface area contributed by atoms with Gasteiger partial charge >= 0.3 is 0 Å². The van der Waals surface area contributed by atoms with Crippen LogP contribution in [-0.2, 0) is 0 Å². The summed E-state index contributed by atoms with van der Waals surface area (Å²) in [4.78, 5) is 9.62. The number of rotatable bonds is 6. The number of fused-ring (bicyclic) bond motifs is 5. The number of hydrogen-bond donors (Lipinski definition) is 0. The maximum atomic E-state index is 5.33. The number of hydrogen-bond acceptors (Lipinski definition) is 2. The van der Waals surface area contributed by atoms with Crippen LogP contribution in [0.25, 0.3) is 121 Å². The average Bonchev–Trinajstić information content (AvgIpc) is 3.34. The van der Waals surface area contributed by atoms with Gasteiger partial charge in [-0.2, -0.15) is 0 Å². The molecule has 2 heterocycles. The first-order chi connectivity index (χ1) is 30.6. The summed E-state index contributed by atoms with van der Waals surface area (Å²) < 4.78 is 0. The summed E-state index contributed by atoms with van der Waals surface area (Å²) in [5.74, 6) is 0. The zero-order chi connectivity index (χ0) is 41.0. The molecule has 0 spiro atoms. The van der Waals surface area contributed by atoms with Gasteiger partial charge in [-0.15, -0.1) is 0 Å². The zero-order valence-corrected chi connectivity index (χ0v) is 33.8. The molecule has 12 aromatic rings. The third-order valence-electron chi connectivity index (χ3n) is 12.5. The van der Waals surface area contributed by atoms with Crippen LogP contribution >= 0.6 is 0 Å². The molecule has 0 amide bonds. The van der Waals surface area contributed by atoms with Crippen LogP contribution in [0.15, 0.2) is 231 Å². The highest BCUT2D eigenvalue weighted by Crippen LogP contribution is 2.36. The van der Waals surface area contributed by atoms with Crippen LogP contribution in [0.4, 0.5) is 0 Å². The van der Waals surface area contributed by atoms with E-state index >= 15 is 0 Å². The van der Waals surface area contributed by atoms with E-state index in [0.29, 0.717) is 0 Å².